The van der Waals surface area contributed by atoms with Crippen LogP contribution in [0, 0.1) is 5.82 Å². The van der Waals surface area contributed by atoms with E-state index >= 15 is 0 Å². The number of halogens is 2. The van der Waals surface area contributed by atoms with Crippen LogP contribution in [0.25, 0.3) is 16.8 Å². The van der Waals surface area contributed by atoms with Gasteiger partial charge in [-0.15, -0.1) is 0 Å². The Bertz CT molecular complexity index is 1430. The van der Waals surface area contributed by atoms with Gasteiger partial charge in [-0.1, -0.05) is 61.0 Å². The average Bonchev–Trinajstić information content (AvgIpc) is 3.63. The van der Waals surface area contributed by atoms with Gasteiger partial charge in [-0.25, -0.2) is 13.9 Å². The van der Waals surface area contributed by atoms with E-state index in [4.69, 9.17) is 16.3 Å². The molecule has 3 aromatic rings. The van der Waals surface area contributed by atoms with Crippen molar-refractivity contribution >= 4 is 29.5 Å². The van der Waals surface area contributed by atoms with Crippen LogP contribution in [0.15, 0.2) is 73.0 Å². The second-order valence-electron chi connectivity index (χ2n) is 9.31. The number of aliphatic carboxylic acids is 1. The smallest absolute Gasteiger partial charge is 0.413 e. The van der Waals surface area contributed by atoms with Crippen LogP contribution in [0.2, 0.25) is 5.02 Å². The molecule has 0 spiro atoms. The Morgan fingerprint density at radius 3 is 2.49 bits per heavy atom. The third-order valence-corrected chi connectivity index (χ3v) is 7.32. The molecule has 5 rings (SSSR count). The molecule has 2 aliphatic carbocycles. The quantitative estimate of drug-likeness (QED) is 0.362. The summed E-state index contributed by atoms with van der Waals surface area (Å²) < 4.78 is 22.0. The third-order valence-electron chi connectivity index (χ3n) is 7.04. The van der Waals surface area contributed by atoms with Crippen LogP contribution >= 0.6 is 11.6 Å². The number of amides is 1. The monoisotopic (exact) mass is 521 g/mol. The molecule has 2 aliphatic rings. The topological polar surface area (TPSA) is 93.5 Å². The summed E-state index contributed by atoms with van der Waals surface area (Å²) in [5.41, 5.74) is 0.386. The number of hydrogen-bond acceptors (Lipinski definition) is 4. The Balaban J connectivity index is 1.34. The fourth-order valence-electron chi connectivity index (χ4n) is 4.60. The van der Waals surface area contributed by atoms with Crippen LogP contribution in [0.5, 0.6) is 0 Å². The average molecular weight is 522 g/mol. The molecular weight excluding hydrogens is 497 g/mol. The van der Waals surface area contributed by atoms with Crippen molar-refractivity contribution in [2.24, 2.45) is 0 Å². The van der Waals surface area contributed by atoms with Gasteiger partial charge in [0.25, 0.3) is 0 Å². The molecule has 1 fully saturated rings. The van der Waals surface area contributed by atoms with Crippen molar-refractivity contribution < 1.29 is 23.8 Å². The van der Waals surface area contributed by atoms with Gasteiger partial charge in [0.2, 0.25) is 0 Å². The number of hydrogen-bond donors (Lipinski definition) is 2. The SMILES string of the molecule is CC[C@]1(OC(=O)Nc2c(Cl)cnn2-c2ccc(-c3ccc(C4(C(=O)O)CC4)c(F)c3)cc2)C=CC=CC1. The minimum absolute atomic E-state index is 0.221. The molecule has 2 aromatic carbocycles. The molecule has 2 N–H and O–H groups in total. The Hall–Kier alpha value is -3.91. The lowest BCUT2D eigenvalue weighted by Gasteiger charge is -2.29. The Morgan fingerprint density at radius 2 is 1.89 bits per heavy atom. The lowest BCUT2D eigenvalue weighted by Crippen LogP contribution is -2.35. The molecule has 9 heteroatoms. The summed E-state index contributed by atoms with van der Waals surface area (Å²) in [6.45, 7) is 1.95. The Morgan fingerprint density at radius 1 is 1.16 bits per heavy atom. The summed E-state index contributed by atoms with van der Waals surface area (Å²) in [4.78, 5) is 24.3. The van der Waals surface area contributed by atoms with Crippen molar-refractivity contribution in [3.63, 3.8) is 0 Å². The number of nitrogens with one attached hydrogen (secondary N) is 1. The highest BCUT2D eigenvalue weighted by Crippen LogP contribution is 2.49. The molecule has 0 radical (unpaired) electrons. The minimum Gasteiger partial charge on any atom is -0.481 e. The van der Waals surface area contributed by atoms with Gasteiger partial charge in [0.15, 0.2) is 5.82 Å². The van der Waals surface area contributed by atoms with Crippen molar-refractivity contribution in [2.75, 3.05) is 5.32 Å². The van der Waals surface area contributed by atoms with E-state index in [1.54, 1.807) is 36.4 Å². The minimum atomic E-state index is -1.10. The highest BCUT2D eigenvalue weighted by Gasteiger charge is 2.53. The highest BCUT2D eigenvalue weighted by atomic mass is 35.5. The van der Waals surface area contributed by atoms with E-state index in [0.717, 1.165) is 5.56 Å². The molecule has 0 unspecified atom stereocenters. The maximum absolute atomic E-state index is 14.8. The van der Waals surface area contributed by atoms with Crippen LogP contribution in [-0.4, -0.2) is 32.6 Å². The summed E-state index contributed by atoms with van der Waals surface area (Å²) in [5, 5.41) is 16.7. The Labute approximate surface area is 218 Å². The summed E-state index contributed by atoms with van der Waals surface area (Å²) in [6, 6.07) is 11.8. The number of allylic oxidation sites excluding steroid dienone is 2. The first-order valence-corrected chi connectivity index (χ1v) is 12.4. The van der Waals surface area contributed by atoms with Crippen LogP contribution in [0.1, 0.15) is 38.2 Å². The van der Waals surface area contributed by atoms with Crippen molar-refractivity contribution in [3.05, 3.63) is 89.4 Å². The lowest BCUT2D eigenvalue weighted by atomic mass is 9.92. The van der Waals surface area contributed by atoms with Crippen LogP contribution in [0.4, 0.5) is 15.0 Å². The maximum Gasteiger partial charge on any atom is 0.413 e. The summed E-state index contributed by atoms with van der Waals surface area (Å²) >= 11 is 6.31. The molecule has 0 saturated heterocycles. The third kappa shape index (κ3) is 4.64. The number of carbonyl (C=O) groups excluding carboxylic acids is 1. The molecule has 1 amide bonds. The van der Waals surface area contributed by atoms with Gasteiger partial charge in [-0.3, -0.25) is 10.1 Å². The number of carboxylic acids is 1. The highest BCUT2D eigenvalue weighted by molar-refractivity contribution is 6.33. The zero-order valence-electron chi connectivity index (χ0n) is 20.1. The standard InChI is InChI=1S/C28H25ClFN3O4/c1-2-27(12-4-3-5-13-27)37-26(36)32-24-22(29)17-31-33(24)20-9-6-18(7-10-20)19-8-11-21(23(30)16-19)28(14-15-28)25(34)35/h3-12,16-17H,2,13-15H2,1H3,(H,32,36)(H,34,35)/t27-/m0/s1. The van der Waals surface area contributed by atoms with Crippen molar-refractivity contribution in [1.82, 2.24) is 9.78 Å². The zero-order chi connectivity index (χ0) is 26.2. The molecule has 1 atom stereocenters. The number of ether oxygens (including phenoxy) is 1. The normalized spacial score (nSPS) is 19.4. The predicted octanol–water partition coefficient (Wildman–Crippen LogP) is 6.66. The van der Waals surface area contributed by atoms with E-state index in [-0.39, 0.29) is 16.4 Å². The molecule has 190 valence electrons. The molecule has 37 heavy (non-hydrogen) atoms. The number of carboxylic acid groups (broad SMARTS) is 1. The van der Waals surface area contributed by atoms with Crippen molar-refractivity contribution in [2.45, 2.75) is 43.6 Å². The van der Waals surface area contributed by atoms with Gasteiger partial charge >= 0.3 is 12.1 Å². The number of aromatic nitrogens is 2. The van der Waals surface area contributed by atoms with Gasteiger partial charge in [-0.2, -0.15) is 5.10 Å². The van der Waals surface area contributed by atoms with Crippen molar-refractivity contribution in [1.29, 1.82) is 0 Å². The number of anilines is 1. The van der Waals surface area contributed by atoms with Gasteiger partial charge in [0, 0.05) is 12.0 Å². The molecular formula is C28H25ClFN3O4. The van der Waals surface area contributed by atoms with E-state index in [1.807, 2.05) is 31.2 Å². The first kappa shape index (κ1) is 24.8. The van der Waals surface area contributed by atoms with E-state index < -0.39 is 28.9 Å². The second-order valence-corrected chi connectivity index (χ2v) is 9.71. The largest absolute Gasteiger partial charge is 0.481 e. The van der Waals surface area contributed by atoms with Crippen LogP contribution in [0.3, 0.4) is 0 Å². The van der Waals surface area contributed by atoms with Crippen LogP contribution in [-0.2, 0) is 14.9 Å². The lowest BCUT2D eigenvalue weighted by molar-refractivity contribution is -0.140. The van der Waals surface area contributed by atoms with Gasteiger partial charge in [0.1, 0.15) is 16.4 Å². The summed E-state index contributed by atoms with van der Waals surface area (Å²) in [7, 11) is 0. The fraction of sp³-hybridized carbons (Fsp3) is 0.250. The van der Waals surface area contributed by atoms with E-state index in [9.17, 15) is 19.1 Å². The molecule has 0 bridgehead atoms. The summed E-state index contributed by atoms with van der Waals surface area (Å²) in [6.07, 6.45) is 10.4. The zero-order valence-corrected chi connectivity index (χ0v) is 20.8. The molecule has 1 aromatic heterocycles. The van der Waals surface area contributed by atoms with E-state index in [2.05, 4.69) is 10.4 Å². The molecule has 7 nitrogen and oxygen atoms in total. The summed E-state index contributed by atoms with van der Waals surface area (Å²) in [5.74, 6) is -1.26. The number of benzene rings is 2. The Kier molecular flexibility index (Phi) is 6.37. The van der Waals surface area contributed by atoms with Gasteiger partial charge < -0.3 is 9.84 Å². The van der Waals surface area contributed by atoms with E-state index in [1.165, 1.54) is 16.9 Å². The number of carbonyl (C=O) groups is 2. The van der Waals surface area contributed by atoms with Crippen LogP contribution < -0.4 is 5.32 Å². The first-order chi connectivity index (χ1) is 17.8. The number of rotatable bonds is 7. The predicted molar refractivity (Wildman–Crippen MR) is 139 cm³/mol. The molecule has 0 aliphatic heterocycles. The second kappa shape index (κ2) is 9.52. The van der Waals surface area contributed by atoms with Gasteiger partial charge in [-0.05, 0) is 54.7 Å². The van der Waals surface area contributed by atoms with Gasteiger partial charge in [0.05, 0.1) is 17.3 Å². The number of nitrogens with zero attached hydrogens (tertiary/aromatic N) is 2. The maximum atomic E-state index is 14.8. The fourth-order valence-corrected chi connectivity index (χ4v) is 4.77. The molecule has 1 heterocycles. The van der Waals surface area contributed by atoms with E-state index in [0.29, 0.717) is 36.9 Å². The first-order valence-electron chi connectivity index (χ1n) is 12.0. The van der Waals surface area contributed by atoms with Crippen molar-refractivity contribution in [3.8, 4) is 16.8 Å². The molecule has 1 saturated carbocycles.